The van der Waals surface area contributed by atoms with Crippen LogP contribution >= 0.6 is 0 Å². The normalized spacial score (nSPS) is 11.5. The average molecular weight is 285 g/mol. The molecule has 1 amide bonds. The number of rotatable bonds is 3. The SMILES string of the molecule is CC(=O)OC(OC(N)=O)c1ccccc1.c1cc2ccc1-2. The Morgan fingerprint density at radius 2 is 1.43 bits per heavy atom. The Bertz CT molecular complexity index is 585. The second-order valence-electron chi connectivity index (χ2n) is 4.37. The van der Waals surface area contributed by atoms with Crippen LogP contribution in [0.2, 0.25) is 0 Å². The molecule has 108 valence electrons. The van der Waals surface area contributed by atoms with Crippen LogP contribution in [0.15, 0.2) is 54.6 Å². The Morgan fingerprint density at radius 3 is 1.76 bits per heavy atom. The molecule has 0 aromatic heterocycles. The average Bonchev–Trinajstić information content (AvgIpc) is 2.43. The number of carbonyl (C=O) groups is 2. The van der Waals surface area contributed by atoms with Crippen LogP contribution < -0.4 is 5.73 Å². The van der Waals surface area contributed by atoms with Gasteiger partial charge in [0.1, 0.15) is 0 Å². The van der Waals surface area contributed by atoms with Crippen LogP contribution in [0.4, 0.5) is 4.79 Å². The molecule has 5 heteroatoms. The fourth-order valence-electron chi connectivity index (χ4n) is 1.69. The molecule has 21 heavy (non-hydrogen) atoms. The van der Waals surface area contributed by atoms with Gasteiger partial charge in [0.15, 0.2) is 0 Å². The molecule has 1 aromatic carbocycles. The van der Waals surface area contributed by atoms with Crippen LogP contribution in [0, 0.1) is 0 Å². The first kappa shape index (κ1) is 14.6. The summed E-state index contributed by atoms with van der Waals surface area (Å²) in [5.41, 5.74) is 8.25. The summed E-state index contributed by atoms with van der Waals surface area (Å²) in [6.45, 7) is 1.22. The molecule has 0 radical (unpaired) electrons. The summed E-state index contributed by atoms with van der Waals surface area (Å²) in [6, 6.07) is 17.1. The Hall–Kier alpha value is -2.82. The molecule has 2 N–H and O–H groups in total. The fourth-order valence-corrected chi connectivity index (χ4v) is 1.69. The van der Waals surface area contributed by atoms with Gasteiger partial charge in [-0.05, 0) is 11.1 Å². The first-order valence-electron chi connectivity index (χ1n) is 6.35. The van der Waals surface area contributed by atoms with Crippen LogP contribution in [-0.4, -0.2) is 12.1 Å². The zero-order valence-corrected chi connectivity index (χ0v) is 11.5. The number of ether oxygens (including phenoxy) is 2. The maximum atomic E-state index is 10.8. The molecule has 0 fully saturated rings. The number of fused-ring (bicyclic) bond motifs is 1. The van der Waals surface area contributed by atoms with Crippen molar-refractivity contribution in [3.63, 3.8) is 0 Å². The minimum Gasteiger partial charge on any atom is -0.421 e. The van der Waals surface area contributed by atoms with Crippen molar-refractivity contribution < 1.29 is 19.1 Å². The van der Waals surface area contributed by atoms with Crippen molar-refractivity contribution in [3.05, 3.63) is 60.2 Å². The lowest BCUT2D eigenvalue weighted by atomic mass is 9.95. The second kappa shape index (κ2) is 6.56. The van der Waals surface area contributed by atoms with Gasteiger partial charge in [0.05, 0.1) is 0 Å². The van der Waals surface area contributed by atoms with E-state index in [1.54, 1.807) is 30.3 Å². The lowest BCUT2D eigenvalue weighted by Crippen LogP contribution is -2.20. The highest BCUT2D eigenvalue weighted by atomic mass is 16.7. The Labute approximate surface area is 122 Å². The minimum absolute atomic E-state index is 0.548. The van der Waals surface area contributed by atoms with Crippen molar-refractivity contribution in [1.29, 1.82) is 0 Å². The van der Waals surface area contributed by atoms with Crippen LogP contribution in [0.5, 0.6) is 0 Å². The van der Waals surface area contributed by atoms with Gasteiger partial charge in [0.2, 0.25) is 0 Å². The summed E-state index contributed by atoms with van der Waals surface area (Å²) in [6.07, 6.45) is -2.08. The standard InChI is InChI=1S/C10H11NO4.C6H4/c1-7(12)14-9(15-10(11)13)8-5-3-2-4-6-8;1-2-6-4-3-5(1)6/h2-6,9H,1H3,(H2,11,13);1-4H. The molecule has 0 heterocycles. The molecule has 1 atom stereocenters. The predicted octanol–water partition coefficient (Wildman–Crippen LogP) is 3.01. The number of benzene rings is 2. The summed E-state index contributed by atoms with van der Waals surface area (Å²) in [4.78, 5) is 21.3. The number of amides is 1. The molecule has 0 saturated heterocycles. The number of primary amides is 1. The van der Waals surface area contributed by atoms with Gasteiger partial charge in [0.25, 0.3) is 6.29 Å². The molecule has 0 spiro atoms. The number of hydrogen-bond donors (Lipinski definition) is 1. The number of esters is 1. The molecule has 1 unspecified atom stereocenters. The highest BCUT2D eigenvalue weighted by Gasteiger charge is 2.17. The Balaban J connectivity index is 0.000000218. The van der Waals surface area contributed by atoms with Crippen molar-refractivity contribution in [3.8, 4) is 11.1 Å². The van der Waals surface area contributed by atoms with E-state index in [9.17, 15) is 9.59 Å². The summed E-state index contributed by atoms with van der Waals surface area (Å²) in [5, 5.41) is 0. The second-order valence-corrected chi connectivity index (χ2v) is 4.37. The third-order valence-electron chi connectivity index (χ3n) is 2.79. The van der Waals surface area contributed by atoms with Crippen LogP contribution in [0.25, 0.3) is 11.1 Å². The van der Waals surface area contributed by atoms with E-state index in [-0.39, 0.29) is 0 Å². The van der Waals surface area contributed by atoms with Crippen molar-refractivity contribution in [2.24, 2.45) is 5.73 Å². The van der Waals surface area contributed by atoms with Crippen molar-refractivity contribution in [2.45, 2.75) is 13.2 Å². The van der Waals surface area contributed by atoms with Gasteiger partial charge < -0.3 is 15.2 Å². The van der Waals surface area contributed by atoms with E-state index < -0.39 is 18.4 Å². The van der Waals surface area contributed by atoms with Crippen LogP contribution in [0.1, 0.15) is 18.8 Å². The van der Waals surface area contributed by atoms with Gasteiger partial charge in [-0.3, -0.25) is 4.79 Å². The highest BCUT2D eigenvalue weighted by Crippen LogP contribution is 2.29. The van der Waals surface area contributed by atoms with Crippen molar-refractivity contribution in [2.75, 3.05) is 0 Å². The van der Waals surface area contributed by atoms with Crippen molar-refractivity contribution >= 4 is 12.1 Å². The van der Waals surface area contributed by atoms with Gasteiger partial charge in [-0.25, -0.2) is 4.79 Å². The van der Waals surface area contributed by atoms with E-state index in [4.69, 9.17) is 10.5 Å². The molecule has 2 aliphatic carbocycles. The van der Waals surface area contributed by atoms with Gasteiger partial charge in [0, 0.05) is 12.5 Å². The van der Waals surface area contributed by atoms with E-state index >= 15 is 0 Å². The van der Waals surface area contributed by atoms with Crippen LogP contribution in [0.3, 0.4) is 0 Å². The largest absolute Gasteiger partial charge is 0.421 e. The van der Waals surface area contributed by atoms with E-state index in [1.807, 2.05) is 0 Å². The topological polar surface area (TPSA) is 78.6 Å². The monoisotopic (exact) mass is 285 g/mol. The highest BCUT2D eigenvalue weighted by molar-refractivity contribution is 5.75. The third kappa shape index (κ3) is 4.07. The van der Waals surface area contributed by atoms with Gasteiger partial charge in [-0.2, -0.15) is 0 Å². The molecule has 1 aromatic rings. The first-order valence-corrected chi connectivity index (χ1v) is 6.35. The molecule has 0 saturated carbocycles. The zero-order valence-electron chi connectivity index (χ0n) is 11.5. The molecular weight excluding hydrogens is 270 g/mol. The maximum absolute atomic E-state index is 10.8. The number of carbonyl (C=O) groups excluding carboxylic acids is 2. The van der Waals surface area contributed by atoms with E-state index in [0.29, 0.717) is 5.56 Å². The van der Waals surface area contributed by atoms with Gasteiger partial charge >= 0.3 is 12.1 Å². The predicted molar refractivity (Wildman–Crippen MR) is 77.1 cm³/mol. The molecule has 0 aliphatic heterocycles. The lowest BCUT2D eigenvalue weighted by molar-refractivity contribution is -0.166. The third-order valence-corrected chi connectivity index (χ3v) is 2.79. The Kier molecular flexibility index (Phi) is 4.56. The van der Waals surface area contributed by atoms with E-state index in [0.717, 1.165) is 0 Å². The quantitative estimate of drug-likeness (QED) is 0.592. The fraction of sp³-hybridized carbons (Fsp3) is 0.125. The summed E-state index contributed by atoms with van der Waals surface area (Å²) < 4.78 is 9.43. The summed E-state index contributed by atoms with van der Waals surface area (Å²) in [5.74, 6) is -0.551. The number of nitrogens with two attached hydrogens (primary N) is 1. The number of hydrogen-bond acceptors (Lipinski definition) is 4. The lowest BCUT2D eigenvalue weighted by Gasteiger charge is -2.15. The minimum atomic E-state index is -1.08. The summed E-state index contributed by atoms with van der Waals surface area (Å²) in [7, 11) is 0. The van der Waals surface area contributed by atoms with E-state index in [1.165, 1.54) is 18.1 Å². The van der Waals surface area contributed by atoms with Crippen LogP contribution in [-0.2, 0) is 14.3 Å². The zero-order chi connectivity index (χ0) is 15.2. The smallest absolute Gasteiger partial charge is 0.407 e. The molecule has 3 rings (SSSR count). The molecular formula is C16H15NO4. The maximum Gasteiger partial charge on any atom is 0.407 e. The molecule has 0 bridgehead atoms. The van der Waals surface area contributed by atoms with E-state index in [2.05, 4.69) is 29.0 Å². The first-order chi connectivity index (χ1) is 10.1. The van der Waals surface area contributed by atoms with Crippen molar-refractivity contribution in [1.82, 2.24) is 0 Å². The summed E-state index contributed by atoms with van der Waals surface area (Å²) >= 11 is 0. The molecule has 5 nitrogen and oxygen atoms in total. The van der Waals surface area contributed by atoms with Gasteiger partial charge in [-0.1, -0.05) is 54.6 Å². The Morgan fingerprint density at radius 1 is 0.905 bits per heavy atom. The molecule has 2 aliphatic rings. The van der Waals surface area contributed by atoms with Gasteiger partial charge in [-0.15, -0.1) is 0 Å².